The molecule has 0 radical (unpaired) electrons. The Hall–Kier alpha value is -3.57. The number of benzene rings is 3. The molecule has 39 heavy (non-hydrogen) atoms. The minimum Gasteiger partial charge on any atom is -0.496 e. The summed E-state index contributed by atoms with van der Waals surface area (Å²) in [6.45, 7) is 7.02. The van der Waals surface area contributed by atoms with Crippen molar-refractivity contribution in [1.82, 2.24) is 4.90 Å². The van der Waals surface area contributed by atoms with Crippen LogP contribution in [0.2, 0.25) is 0 Å². The van der Waals surface area contributed by atoms with Crippen LogP contribution in [0.4, 0.5) is 11.4 Å². The second-order valence-corrected chi connectivity index (χ2v) is 13.3. The van der Waals surface area contributed by atoms with E-state index in [1.54, 1.807) is 17.9 Å². The van der Waals surface area contributed by atoms with Crippen molar-refractivity contribution in [3.63, 3.8) is 0 Å². The SMILES string of the molecule is COc1ccc(S(=O)(=O)Nc2ccc(S(=O)(=O)Nc3cc(C)ccc3C)cc2)cc1C(=O)N1CCC(C)CC1. The Labute approximate surface area is 230 Å². The number of hydrogen-bond acceptors (Lipinski definition) is 6. The lowest BCUT2D eigenvalue weighted by Crippen LogP contribution is -2.38. The predicted molar refractivity (Wildman–Crippen MR) is 151 cm³/mol. The molecule has 0 saturated carbocycles. The highest BCUT2D eigenvalue weighted by atomic mass is 32.2. The molecular weight excluding hydrogens is 538 g/mol. The zero-order valence-corrected chi connectivity index (χ0v) is 24.0. The van der Waals surface area contributed by atoms with Crippen LogP contribution in [0.25, 0.3) is 0 Å². The van der Waals surface area contributed by atoms with E-state index in [0.717, 1.165) is 24.0 Å². The maximum absolute atomic E-state index is 13.2. The Morgan fingerprint density at radius 1 is 0.846 bits per heavy atom. The number of piperidine rings is 1. The maximum atomic E-state index is 13.2. The molecule has 0 aromatic heterocycles. The molecule has 1 fully saturated rings. The molecule has 4 rings (SSSR count). The van der Waals surface area contributed by atoms with Gasteiger partial charge in [0.2, 0.25) is 0 Å². The highest BCUT2D eigenvalue weighted by Crippen LogP contribution is 2.28. The van der Waals surface area contributed by atoms with E-state index in [9.17, 15) is 21.6 Å². The molecular formula is C28H33N3O6S2. The van der Waals surface area contributed by atoms with Gasteiger partial charge in [0.1, 0.15) is 5.75 Å². The molecule has 3 aromatic rings. The molecule has 2 N–H and O–H groups in total. The third-order valence-electron chi connectivity index (χ3n) is 6.84. The summed E-state index contributed by atoms with van der Waals surface area (Å²) in [5.41, 5.74) is 2.52. The van der Waals surface area contributed by atoms with E-state index in [0.29, 0.717) is 30.4 Å². The molecule has 1 saturated heterocycles. The van der Waals surface area contributed by atoms with Crippen LogP contribution in [-0.4, -0.2) is 47.8 Å². The summed E-state index contributed by atoms with van der Waals surface area (Å²) in [6.07, 6.45) is 1.78. The van der Waals surface area contributed by atoms with Gasteiger partial charge in [-0.05, 0) is 92.3 Å². The van der Waals surface area contributed by atoms with Crippen molar-refractivity contribution < 1.29 is 26.4 Å². The largest absolute Gasteiger partial charge is 0.496 e. The second-order valence-electron chi connectivity index (χ2n) is 9.89. The van der Waals surface area contributed by atoms with Crippen LogP contribution in [0.1, 0.15) is 41.3 Å². The predicted octanol–water partition coefficient (Wildman–Crippen LogP) is 4.79. The van der Waals surface area contributed by atoms with Gasteiger partial charge in [-0.2, -0.15) is 0 Å². The average Bonchev–Trinajstić information content (AvgIpc) is 2.90. The van der Waals surface area contributed by atoms with Gasteiger partial charge in [-0.15, -0.1) is 0 Å². The average molecular weight is 572 g/mol. The molecule has 1 heterocycles. The zero-order valence-electron chi connectivity index (χ0n) is 22.4. The molecule has 208 valence electrons. The van der Waals surface area contributed by atoms with Gasteiger partial charge < -0.3 is 9.64 Å². The van der Waals surface area contributed by atoms with Crippen molar-refractivity contribution in [3.05, 3.63) is 77.4 Å². The number of anilines is 2. The lowest BCUT2D eigenvalue weighted by atomic mass is 9.98. The molecule has 9 nitrogen and oxygen atoms in total. The van der Waals surface area contributed by atoms with Crippen LogP contribution in [0.5, 0.6) is 5.75 Å². The summed E-state index contributed by atoms with van der Waals surface area (Å²) < 4.78 is 62.5. The van der Waals surface area contributed by atoms with Crippen LogP contribution in [0, 0.1) is 19.8 Å². The Balaban J connectivity index is 1.53. The fourth-order valence-electron chi connectivity index (χ4n) is 4.37. The lowest BCUT2D eigenvalue weighted by molar-refractivity contribution is 0.0693. The summed E-state index contributed by atoms with van der Waals surface area (Å²) in [4.78, 5) is 14.8. The first-order valence-electron chi connectivity index (χ1n) is 12.6. The van der Waals surface area contributed by atoms with Crippen molar-refractivity contribution in [1.29, 1.82) is 0 Å². The number of methoxy groups -OCH3 is 1. The number of ether oxygens (including phenoxy) is 1. The molecule has 0 bridgehead atoms. The third kappa shape index (κ3) is 6.54. The summed E-state index contributed by atoms with van der Waals surface area (Å²) in [5.74, 6) is 0.556. The molecule has 11 heteroatoms. The minimum atomic E-state index is -4.08. The molecule has 1 amide bonds. The maximum Gasteiger partial charge on any atom is 0.261 e. The Bertz CT molecular complexity index is 1580. The molecule has 3 aromatic carbocycles. The van der Waals surface area contributed by atoms with Crippen molar-refractivity contribution in [3.8, 4) is 5.75 Å². The van der Waals surface area contributed by atoms with Crippen molar-refractivity contribution >= 4 is 37.3 Å². The highest BCUT2D eigenvalue weighted by molar-refractivity contribution is 7.93. The fraction of sp³-hybridized carbons (Fsp3) is 0.321. The Morgan fingerprint density at radius 3 is 2.10 bits per heavy atom. The normalized spacial score (nSPS) is 14.6. The number of nitrogens with zero attached hydrogens (tertiary/aromatic N) is 1. The number of sulfonamides is 2. The smallest absolute Gasteiger partial charge is 0.261 e. The number of aryl methyl sites for hydroxylation is 2. The molecule has 1 aliphatic heterocycles. The first kappa shape index (κ1) is 28.4. The molecule has 0 atom stereocenters. The number of hydrogen-bond donors (Lipinski definition) is 2. The first-order chi connectivity index (χ1) is 18.4. The lowest BCUT2D eigenvalue weighted by Gasteiger charge is -2.30. The van der Waals surface area contributed by atoms with Crippen molar-refractivity contribution in [2.24, 2.45) is 5.92 Å². The summed E-state index contributed by atoms with van der Waals surface area (Å²) in [6, 6.07) is 15.0. The fourth-order valence-corrected chi connectivity index (χ4v) is 6.58. The Morgan fingerprint density at radius 2 is 1.46 bits per heavy atom. The van der Waals surface area contributed by atoms with Gasteiger partial charge in [0.05, 0.1) is 28.2 Å². The molecule has 0 unspecified atom stereocenters. The number of rotatable bonds is 8. The van der Waals surface area contributed by atoms with Crippen LogP contribution < -0.4 is 14.2 Å². The van der Waals surface area contributed by atoms with Gasteiger partial charge in [-0.1, -0.05) is 19.1 Å². The van der Waals surface area contributed by atoms with Gasteiger partial charge in [0.25, 0.3) is 26.0 Å². The zero-order chi connectivity index (χ0) is 28.4. The Kier molecular flexibility index (Phi) is 8.22. The van der Waals surface area contributed by atoms with Gasteiger partial charge in [0, 0.05) is 18.8 Å². The monoisotopic (exact) mass is 571 g/mol. The van der Waals surface area contributed by atoms with E-state index in [4.69, 9.17) is 4.74 Å². The van der Waals surface area contributed by atoms with Crippen LogP contribution >= 0.6 is 0 Å². The number of amides is 1. The van der Waals surface area contributed by atoms with E-state index in [-0.39, 0.29) is 26.9 Å². The quantitative estimate of drug-likeness (QED) is 0.401. The van der Waals surface area contributed by atoms with E-state index < -0.39 is 20.0 Å². The molecule has 0 aliphatic carbocycles. The number of carbonyl (C=O) groups is 1. The summed E-state index contributed by atoms with van der Waals surface area (Å²) in [5, 5.41) is 0. The topological polar surface area (TPSA) is 122 Å². The molecule has 0 spiro atoms. The van der Waals surface area contributed by atoms with Gasteiger partial charge in [0.15, 0.2) is 0 Å². The molecule has 1 aliphatic rings. The van der Waals surface area contributed by atoms with Gasteiger partial charge >= 0.3 is 0 Å². The summed E-state index contributed by atoms with van der Waals surface area (Å²) >= 11 is 0. The highest BCUT2D eigenvalue weighted by Gasteiger charge is 2.26. The summed E-state index contributed by atoms with van der Waals surface area (Å²) in [7, 11) is -6.54. The first-order valence-corrected chi connectivity index (χ1v) is 15.6. The number of carbonyl (C=O) groups excluding carboxylic acids is 1. The van der Waals surface area contributed by atoms with Crippen molar-refractivity contribution in [2.75, 3.05) is 29.6 Å². The van der Waals surface area contributed by atoms with Crippen LogP contribution in [0.15, 0.2) is 70.5 Å². The minimum absolute atomic E-state index is 0.0143. The van der Waals surface area contributed by atoms with Gasteiger partial charge in [-0.3, -0.25) is 14.2 Å². The van der Waals surface area contributed by atoms with Crippen molar-refractivity contribution in [2.45, 2.75) is 43.4 Å². The van der Waals surface area contributed by atoms with E-state index in [2.05, 4.69) is 16.4 Å². The van der Waals surface area contributed by atoms with Crippen LogP contribution in [0.3, 0.4) is 0 Å². The number of nitrogens with one attached hydrogen (secondary N) is 2. The number of likely N-dealkylation sites (tertiary alicyclic amines) is 1. The van der Waals surface area contributed by atoms with E-state index in [1.165, 1.54) is 49.6 Å². The van der Waals surface area contributed by atoms with Crippen LogP contribution in [-0.2, 0) is 20.0 Å². The second kappa shape index (κ2) is 11.3. The van der Waals surface area contributed by atoms with E-state index in [1.807, 2.05) is 19.1 Å². The third-order valence-corrected chi connectivity index (χ3v) is 9.60. The standard InChI is InChI=1S/C28H33N3O6S2/c1-19-13-15-31(16-14-19)28(32)25-18-24(11-12-27(25)37-4)39(35,36)29-22-7-9-23(10-8-22)38(33,34)30-26-17-20(2)5-6-21(26)3/h5-12,17-19,29-30H,13-16H2,1-4H3. The van der Waals surface area contributed by atoms with Gasteiger partial charge in [-0.25, -0.2) is 16.8 Å². The van der Waals surface area contributed by atoms with E-state index >= 15 is 0 Å².